The van der Waals surface area contributed by atoms with Crippen LogP contribution < -0.4 is 10.1 Å². The first-order valence-corrected chi connectivity index (χ1v) is 8.79. The van der Waals surface area contributed by atoms with Gasteiger partial charge in [-0.2, -0.15) is 0 Å². The third-order valence-electron chi connectivity index (χ3n) is 4.61. The van der Waals surface area contributed by atoms with E-state index in [-0.39, 0.29) is 0 Å². The SMILES string of the molecule is CCCNCC1CCCCCC1c1ccccc1OCC. The first-order chi connectivity index (χ1) is 10.4. The minimum absolute atomic E-state index is 0.652. The van der Waals surface area contributed by atoms with Crippen LogP contribution in [0.3, 0.4) is 0 Å². The van der Waals surface area contributed by atoms with Crippen molar-refractivity contribution in [1.29, 1.82) is 0 Å². The van der Waals surface area contributed by atoms with Gasteiger partial charge in [0.15, 0.2) is 0 Å². The summed E-state index contributed by atoms with van der Waals surface area (Å²) in [7, 11) is 0. The number of hydrogen-bond donors (Lipinski definition) is 1. The topological polar surface area (TPSA) is 21.3 Å². The van der Waals surface area contributed by atoms with E-state index in [1.54, 1.807) is 0 Å². The second-order valence-electron chi connectivity index (χ2n) is 6.18. The molecule has 1 N–H and O–H groups in total. The smallest absolute Gasteiger partial charge is 0.122 e. The van der Waals surface area contributed by atoms with Gasteiger partial charge in [0.2, 0.25) is 0 Å². The van der Waals surface area contributed by atoms with Gasteiger partial charge in [0.05, 0.1) is 6.61 Å². The highest BCUT2D eigenvalue weighted by molar-refractivity contribution is 5.37. The maximum Gasteiger partial charge on any atom is 0.122 e. The third-order valence-corrected chi connectivity index (χ3v) is 4.61. The zero-order chi connectivity index (χ0) is 14.9. The Kier molecular flexibility index (Phi) is 7.08. The van der Waals surface area contributed by atoms with Gasteiger partial charge in [-0.25, -0.2) is 0 Å². The van der Waals surface area contributed by atoms with Gasteiger partial charge in [0.1, 0.15) is 5.75 Å². The lowest BCUT2D eigenvalue weighted by Crippen LogP contribution is -2.27. The zero-order valence-electron chi connectivity index (χ0n) is 13.7. The van der Waals surface area contributed by atoms with E-state index in [9.17, 15) is 0 Å². The van der Waals surface area contributed by atoms with E-state index in [0.29, 0.717) is 5.92 Å². The van der Waals surface area contributed by atoms with Crippen molar-refractivity contribution in [3.05, 3.63) is 29.8 Å². The van der Waals surface area contributed by atoms with Gasteiger partial charge in [-0.1, -0.05) is 44.4 Å². The Morgan fingerprint density at radius 3 is 2.71 bits per heavy atom. The van der Waals surface area contributed by atoms with Crippen molar-refractivity contribution in [3.8, 4) is 5.75 Å². The predicted molar refractivity (Wildman–Crippen MR) is 90.1 cm³/mol. The van der Waals surface area contributed by atoms with Crippen LogP contribution in [0.25, 0.3) is 0 Å². The lowest BCUT2D eigenvalue weighted by molar-refractivity contribution is 0.319. The Morgan fingerprint density at radius 1 is 1.10 bits per heavy atom. The summed E-state index contributed by atoms with van der Waals surface area (Å²) in [6, 6.07) is 8.68. The second kappa shape index (κ2) is 9.09. The molecule has 1 aromatic carbocycles. The molecule has 1 aliphatic carbocycles. The fraction of sp³-hybridized carbons (Fsp3) is 0.684. The van der Waals surface area contributed by atoms with Gasteiger partial charge in [-0.3, -0.25) is 0 Å². The van der Waals surface area contributed by atoms with Crippen molar-refractivity contribution in [2.24, 2.45) is 5.92 Å². The van der Waals surface area contributed by atoms with Crippen LogP contribution in [0.5, 0.6) is 5.75 Å². The van der Waals surface area contributed by atoms with Crippen molar-refractivity contribution in [2.45, 2.75) is 58.3 Å². The number of para-hydroxylation sites is 1. The normalized spacial score (nSPS) is 22.8. The lowest BCUT2D eigenvalue weighted by atomic mass is 9.82. The molecule has 0 radical (unpaired) electrons. The fourth-order valence-electron chi connectivity index (χ4n) is 3.58. The molecule has 0 spiro atoms. The van der Waals surface area contributed by atoms with E-state index >= 15 is 0 Å². The summed E-state index contributed by atoms with van der Waals surface area (Å²) in [5.41, 5.74) is 1.43. The highest BCUT2D eigenvalue weighted by Gasteiger charge is 2.26. The average Bonchev–Trinajstić information content (AvgIpc) is 2.74. The van der Waals surface area contributed by atoms with Crippen molar-refractivity contribution < 1.29 is 4.74 Å². The number of benzene rings is 1. The van der Waals surface area contributed by atoms with Crippen LogP contribution >= 0.6 is 0 Å². The summed E-state index contributed by atoms with van der Waals surface area (Å²) in [6.45, 7) is 7.35. The summed E-state index contributed by atoms with van der Waals surface area (Å²) >= 11 is 0. The molecule has 0 saturated heterocycles. The molecule has 1 aliphatic rings. The van der Waals surface area contributed by atoms with E-state index < -0.39 is 0 Å². The van der Waals surface area contributed by atoms with Gasteiger partial charge < -0.3 is 10.1 Å². The molecule has 0 bridgehead atoms. The predicted octanol–water partition coefficient (Wildman–Crippen LogP) is 4.75. The molecule has 2 unspecified atom stereocenters. The average molecular weight is 289 g/mol. The Labute approximate surface area is 130 Å². The Balaban J connectivity index is 2.15. The molecular formula is C19H31NO. The van der Waals surface area contributed by atoms with Gasteiger partial charge in [-0.05, 0) is 62.7 Å². The van der Waals surface area contributed by atoms with E-state index in [4.69, 9.17) is 4.74 Å². The summed E-state index contributed by atoms with van der Waals surface area (Å²) in [5, 5.41) is 3.64. The summed E-state index contributed by atoms with van der Waals surface area (Å²) in [6.07, 6.45) is 8.00. The number of hydrogen-bond acceptors (Lipinski definition) is 2. The monoisotopic (exact) mass is 289 g/mol. The van der Waals surface area contributed by atoms with Gasteiger partial charge in [-0.15, -0.1) is 0 Å². The molecule has 0 amide bonds. The molecule has 0 aliphatic heterocycles. The summed E-state index contributed by atoms with van der Waals surface area (Å²) in [4.78, 5) is 0. The fourth-order valence-corrected chi connectivity index (χ4v) is 3.58. The van der Waals surface area contributed by atoms with Crippen LogP contribution in [0, 0.1) is 5.92 Å². The van der Waals surface area contributed by atoms with Gasteiger partial charge in [0, 0.05) is 0 Å². The van der Waals surface area contributed by atoms with E-state index in [2.05, 4.69) is 43.4 Å². The highest BCUT2D eigenvalue weighted by Crippen LogP contribution is 2.40. The standard InChI is InChI=1S/C19H31NO/c1-3-14-20-15-16-10-6-5-7-11-17(16)18-12-8-9-13-19(18)21-4-2/h8-9,12-13,16-17,20H,3-7,10-11,14-15H2,1-2H3. The zero-order valence-corrected chi connectivity index (χ0v) is 13.7. The molecule has 2 heteroatoms. The van der Waals surface area contributed by atoms with Crippen LogP contribution in [0.2, 0.25) is 0 Å². The molecule has 2 rings (SSSR count). The summed E-state index contributed by atoms with van der Waals surface area (Å²) < 4.78 is 5.88. The van der Waals surface area contributed by atoms with E-state index in [0.717, 1.165) is 31.4 Å². The molecule has 2 nitrogen and oxygen atoms in total. The molecule has 1 fully saturated rings. The maximum absolute atomic E-state index is 5.88. The van der Waals surface area contributed by atoms with Gasteiger partial charge in [0.25, 0.3) is 0 Å². The number of ether oxygens (including phenoxy) is 1. The van der Waals surface area contributed by atoms with Crippen molar-refractivity contribution in [1.82, 2.24) is 5.32 Å². The molecule has 0 aromatic heterocycles. The van der Waals surface area contributed by atoms with E-state index in [1.165, 1.54) is 44.1 Å². The summed E-state index contributed by atoms with van der Waals surface area (Å²) in [5.74, 6) is 2.51. The first kappa shape index (κ1) is 16.4. The Morgan fingerprint density at radius 2 is 1.90 bits per heavy atom. The molecule has 1 saturated carbocycles. The van der Waals surface area contributed by atoms with Crippen LogP contribution in [0.4, 0.5) is 0 Å². The van der Waals surface area contributed by atoms with Gasteiger partial charge >= 0.3 is 0 Å². The Hall–Kier alpha value is -1.02. The highest BCUT2D eigenvalue weighted by atomic mass is 16.5. The van der Waals surface area contributed by atoms with Crippen LogP contribution in [-0.2, 0) is 0 Å². The Bertz CT molecular complexity index is 404. The van der Waals surface area contributed by atoms with Crippen LogP contribution in [0.1, 0.15) is 63.9 Å². The minimum atomic E-state index is 0.652. The first-order valence-electron chi connectivity index (χ1n) is 8.79. The quantitative estimate of drug-likeness (QED) is 0.578. The van der Waals surface area contributed by atoms with Crippen molar-refractivity contribution >= 4 is 0 Å². The number of nitrogens with one attached hydrogen (secondary N) is 1. The van der Waals surface area contributed by atoms with Crippen LogP contribution in [0.15, 0.2) is 24.3 Å². The molecule has 1 aromatic rings. The maximum atomic E-state index is 5.88. The van der Waals surface area contributed by atoms with E-state index in [1.807, 2.05) is 0 Å². The molecule has 2 atom stereocenters. The van der Waals surface area contributed by atoms with Crippen molar-refractivity contribution in [2.75, 3.05) is 19.7 Å². The minimum Gasteiger partial charge on any atom is -0.494 e. The third kappa shape index (κ3) is 4.74. The second-order valence-corrected chi connectivity index (χ2v) is 6.18. The van der Waals surface area contributed by atoms with Crippen LogP contribution in [-0.4, -0.2) is 19.7 Å². The number of rotatable bonds is 7. The largest absolute Gasteiger partial charge is 0.494 e. The molecule has 0 heterocycles. The molecule has 118 valence electrons. The van der Waals surface area contributed by atoms with Crippen molar-refractivity contribution in [3.63, 3.8) is 0 Å². The molecule has 21 heavy (non-hydrogen) atoms. The lowest BCUT2D eigenvalue weighted by Gasteiger charge is -2.27. The molecular weight excluding hydrogens is 258 g/mol.